The van der Waals surface area contributed by atoms with E-state index in [1.807, 2.05) is 50.2 Å². The molecule has 0 spiro atoms. The van der Waals surface area contributed by atoms with E-state index in [2.05, 4.69) is 15.8 Å². The van der Waals surface area contributed by atoms with Crippen molar-refractivity contribution >= 4 is 35.1 Å². The third kappa shape index (κ3) is 6.49. The van der Waals surface area contributed by atoms with Crippen LogP contribution in [-0.4, -0.2) is 25.8 Å². The van der Waals surface area contributed by atoms with Crippen LogP contribution in [0.3, 0.4) is 0 Å². The second-order valence-corrected chi connectivity index (χ2v) is 7.38. The molecule has 7 heteroatoms. The number of benzene rings is 3. The van der Waals surface area contributed by atoms with Crippen LogP contribution in [0.2, 0.25) is 5.02 Å². The first kappa shape index (κ1) is 22.2. The van der Waals surface area contributed by atoms with E-state index < -0.39 is 0 Å². The zero-order valence-corrected chi connectivity index (χ0v) is 18.4. The van der Waals surface area contributed by atoms with Crippen molar-refractivity contribution in [1.82, 2.24) is 0 Å². The Morgan fingerprint density at radius 3 is 2.52 bits per heavy atom. The van der Waals surface area contributed by atoms with Gasteiger partial charge in [0, 0.05) is 10.7 Å². The van der Waals surface area contributed by atoms with Crippen molar-refractivity contribution in [2.75, 3.05) is 24.5 Å². The van der Waals surface area contributed by atoms with E-state index in [1.165, 1.54) is 0 Å². The monoisotopic (exact) mass is 437 g/mol. The van der Waals surface area contributed by atoms with Crippen molar-refractivity contribution in [1.29, 1.82) is 0 Å². The lowest BCUT2D eigenvalue weighted by molar-refractivity contribution is -0.118. The molecule has 0 aromatic heterocycles. The highest BCUT2D eigenvalue weighted by molar-refractivity contribution is 6.30. The highest BCUT2D eigenvalue weighted by atomic mass is 35.5. The zero-order valence-electron chi connectivity index (χ0n) is 17.6. The fourth-order valence-electron chi connectivity index (χ4n) is 2.87. The van der Waals surface area contributed by atoms with Crippen molar-refractivity contribution < 1.29 is 14.3 Å². The summed E-state index contributed by atoms with van der Waals surface area (Å²) in [6.45, 7) is 3.83. The Bertz CT molecular complexity index is 1080. The first-order chi connectivity index (χ1) is 14.9. The average Bonchev–Trinajstić information content (AvgIpc) is 2.76. The third-order valence-electron chi connectivity index (χ3n) is 4.45. The maximum absolute atomic E-state index is 12.3. The first-order valence-electron chi connectivity index (χ1n) is 9.67. The number of ether oxygens (including phenoxy) is 2. The lowest BCUT2D eigenvalue weighted by Gasteiger charge is -2.12. The van der Waals surface area contributed by atoms with Crippen molar-refractivity contribution in [3.05, 3.63) is 82.4 Å². The summed E-state index contributed by atoms with van der Waals surface area (Å²) in [6, 6.07) is 18.4. The molecule has 0 aliphatic rings. The van der Waals surface area contributed by atoms with Crippen LogP contribution in [-0.2, 0) is 4.79 Å². The van der Waals surface area contributed by atoms with E-state index in [1.54, 1.807) is 37.6 Å². The number of aryl methyl sites for hydroxylation is 2. The number of hydrazone groups is 1. The number of amides is 1. The van der Waals surface area contributed by atoms with E-state index in [0.717, 1.165) is 28.1 Å². The van der Waals surface area contributed by atoms with Gasteiger partial charge in [-0.05, 0) is 73.5 Å². The fraction of sp³-hybridized carbons (Fsp3) is 0.167. The molecule has 3 aromatic carbocycles. The number of carbonyl (C=O) groups excluding carboxylic acids is 1. The number of anilines is 2. The van der Waals surface area contributed by atoms with Crippen LogP contribution >= 0.6 is 11.6 Å². The Morgan fingerprint density at radius 1 is 1.03 bits per heavy atom. The molecule has 3 rings (SSSR count). The molecule has 6 nitrogen and oxygen atoms in total. The second-order valence-electron chi connectivity index (χ2n) is 6.94. The van der Waals surface area contributed by atoms with E-state index in [0.29, 0.717) is 16.5 Å². The van der Waals surface area contributed by atoms with Gasteiger partial charge in [0.15, 0.2) is 18.1 Å². The predicted molar refractivity (Wildman–Crippen MR) is 126 cm³/mol. The van der Waals surface area contributed by atoms with Crippen molar-refractivity contribution in [2.24, 2.45) is 5.10 Å². The molecule has 0 aliphatic carbocycles. The van der Waals surface area contributed by atoms with Gasteiger partial charge >= 0.3 is 0 Å². The second kappa shape index (κ2) is 10.5. The molecular weight excluding hydrogens is 414 g/mol. The number of methoxy groups -OCH3 is 1. The molecule has 0 bridgehead atoms. The van der Waals surface area contributed by atoms with Gasteiger partial charge in [0.05, 0.1) is 19.0 Å². The number of hydrogen-bond donors (Lipinski definition) is 2. The van der Waals surface area contributed by atoms with Gasteiger partial charge in [-0.3, -0.25) is 10.2 Å². The molecule has 0 heterocycles. The molecule has 3 aromatic rings. The fourth-order valence-corrected chi connectivity index (χ4v) is 3.00. The molecule has 0 radical (unpaired) electrons. The summed E-state index contributed by atoms with van der Waals surface area (Å²) < 4.78 is 11.0. The predicted octanol–water partition coefficient (Wildman–Crippen LogP) is 5.43. The largest absolute Gasteiger partial charge is 0.493 e. The smallest absolute Gasteiger partial charge is 0.262 e. The van der Waals surface area contributed by atoms with Gasteiger partial charge < -0.3 is 14.8 Å². The van der Waals surface area contributed by atoms with Gasteiger partial charge in [-0.15, -0.1) is 0 Å². The Morgan fingerprint density at radius 2 is 1.81 bits per heavy atom. The molecule has 0 fully saturated rings. The molecule has 2 N–H and O–H groups in total. The molecule has 1 amide bonds. The number of hydrogen-bond acceptors (Lipinski definition) is 5. The topological polar surface area (TPSA) is 71.9 Å². The summed E-state index contributed by atoms with van der Waals surface area (Å²) in [7, 11) is 1.55. The highest BCUT2D eigenvalue weighted by Gasteiger charge is 2.10. The van der Waals surface area contributed by atoms with E-state index in [-0.39, 0.29) is 12.5 Å². The Balaban J connectivity index is 1.58. The summed E-state index contributed by atoms with van der Waals surface area (Å²) >= 11 is 5.87. The highest BCUT2D eigenvalue weighted by Crippen LogP contribution is 2.27. The van der Waals surface area contributed by atoms with Crippen LogP contribution in [0.5, 0.6) is 11.5 Å². The van der Waals surface area contributed by atoms with E-state index in [9.17, 15) is 4.79 Å². The Hall–Kier alpha value is -3.51. The van der Waals surface area contributed by atoms with Gasteiger partial charge in [-0.2, -0.15) is 5.10 Å². The SMILES string of the molecule is COc1cc(C=NNc2ccc(Cl)cc2)ccc1OCC(=O)Nc1ccc(C)cc1C. The number of carbonyl (C=O) groups is 1. The number of nitrogens with one attached hydrogen (secondary N) is 2. The van der Waals surface area contributed by atoms with Crippen LogP contribution in [0.4, 0.5) is 11.4 Å². The Kier molecular flexibility index (Phi) is 7.51. The first-order valence-corrected chi connectivity index (χ1v) is 10.0. The van der Waals surface area contributed by atoms with Gasteiger partial charge in [0.25, 0.3) is 5.91 Å². The summed E-state index contributed by atoms with van der Waals surface area (Å²) in [5.74, 6) is 0.739. The standard InChI is InChI=1S/C24H24ClN3O3/c1-16-4-10-21(17(2)12-16)27-24(29)15-31-22-11-5-18(13-23(22)30-3)14-26-28-20-8-6-19(25)7-9-20/h4-14,28H,15H2,1-3H3,(H,27,29). The summed E-state index contributed by atoms with van der Waals surface area (Å²) in [5.41, 5.74) is 7.47. The Labute approximate surface area is 186 Å². The molecule has 0 saturated carbocycles. The zero-order chi connectivity index (χ0) is 22.2. The third-order valence-corrected chi connectivity index (χ3v) is 4.71. The molecular formula is C24H24ClN3O3. The number of nitrogens with zero attached hydrogens (tertiary/aromatic N) is 1. The quantitative estimate of drug-likeness (QED) is 0.364. The maximum atomic E-state index is 12.3. The minimum atomic E-state index is -0.244. The molecule has 31 heavy (non-hydrogen) atoms. The van der Waals surface area contributed by atoms with Gasteiger partial charge in [-0.1, -0.05) is 29.3 Å². The summed E-state index contributed by atoms with van der Waals surface area (Å²) in [4.78, 5) is 12.3. The van der Waals surface area contributed by atoms with Crippen LogP contribution in [0.15, 0.2) is 65.8 Å². The number of rotatable bonds is 8. The van der Waals surface area contributed by atoms with E-state index in [4.69, 9.17) is 21.1 Å². The van der Waals surface area contributed by atoms with Crippen molar-refractivity contribution in [2.45, 2.75) is 13.8 Å². The molecule has 0 aliphatic heterocycles. The number of halogens is 1. The van der Waals surface area contributed by atoms with Crippen molar-refractivity contribution in [3.63, 3.8) is 0 Å². The van der Waals surface area contributed by atoms with Gasteiger partial charge in [-0.25, -0.2) is 0 Å². The molecule has 0 saturated heterocycles. The van der Waals surface area contributed by atoms with Gasteiger partial charge in [0.2, 0.25) is 0 Å². The van der Waals surface area contributed by atoms with Crippen LogP contribution in [0.1, 0.15) is 16.7 Å². The van der Waals surface area contributed by atoms with Crippen LogP contribution in [0.25, 0.3) is 0 Å². The van der Waals surface area contributed by atoms with Crippen LogP contribution in [0, 0.1) is 13.8 Å². The lowest BCUT2D eigenvalue weighted by atomic mass is 10.1. The average molecular weight is 438 g/mol. The van der Waals surface area contributed by atoms with E-state index >= 15 is 0 Å². The summed E-state index contributed by atoms with van der Waals surface area (Å²) in [6.07, 6.45) is 1.66. The molecule has 0 unspecified atom stereocenters. The normalized spacial score (nSPS) is 10.7. The molecule has 0 atom stereocenters. The molecule has 160 valence electrons. The van der Waals surface area contributed by atoms with Crippen molar-refractivity contribution in [3.8, 4) is 11.5 Å². The van der Waals surface area contributed by atoms with Gasteiger partial charge in [0.1, 0.15) is 0 Å². The maximum Gasteiger partial charge on any atom is 0.262 e. The summed E-state index contributed by atoms with van der Waals surface area (Å²) in [5, 5.41) is 7.73. The van der Waals surface area contributed by atoms with Crippen LogP contribution < -0.4 is 20.2 Å². The minimum absolute atomic E-state index is 0.130. The minimum Gasteiger partial charge on any atom is -0.493 e. The lowest BCUT2D eigenvalue weighted by Crippen LogP contribution is -2.20.